The van der Waals surface area contributed by atoms with Crippen LogP contribution in [0.1, 0.15) is 29.5 Å². The van der Waals surface area contributed by atoms with E-state index in [9.17, 15) is 9.59 Å². The fourth-order valence-electron chi connectivity index (χ4n) is 3.98. The van der Waals surface area contributed by atoms with Crippen molar-refractivity contribution in [3.63, 3.8) is 0 Å². The number of halogens is 1. The van der Waals surface area contributed by atoms with Gasteiger partial charge < -0.3 is 15.2 Å². The van der Waals surface area contributed by atoms with Crippen LogP contribution >= 0.6 is 12.4 Å². The number of ether oxygens (including phenoxy) is 2. The zero-order valence-corrected chi connectivity index (χ0v) is 18.9. The Morgan fingerprint density at radius 3 is 2.50 bits per heavy atom. The number of methoxy groups -OCH3 is 1. The van der Waals surface area contributed by atoms with E-state index in [2.05, 4.69) is 27.0 Å². The smallest absolute Gasteiger partial charge is 0.320 e. The number of fused-ring (bicyclic) bond motifs is 1. The van der Waals surface area contributed by atoms with Gasteiger partial charge in [0.05, 0.1) is 13.2 Å². The molecule has 2 aliphatic heterocycles. The van der Waals surface area contributed by atoms with Crippen LogP contribution in [-0.2, 0) is 33.8 Å². The lowest BCUT2D eigenvalue weighted by Crippen LogP contribution is -2.42. The molecule has 2 aromatic rings. The van der Waals surface area contributed by atoms with Gasteiger partial charge in [-0.05, 0) is 37.1 Å². The fourth-order valence-corrected chi connectivity index (χ4v) is 3.98. The number of Topliss-reactive ketones (excluding diaryl/α,β-unsaturated/α-hetero) is 1. The third-order valence-electron chi connectivity index (χ3n) is 5.53. The van der Waals surface area contributed by atoms with Gasteiger partial charge in [0, 0.05) is 25.6 Å². The molecule has 1 amide bonds. The molecule has 0 spiro atoms. The Kier molecular flexibility index (Phi) is 8.00. The number of likely N-dealkylation sites (tertiary alicyclic amines) is 1. The van der Waals surface area contributed by atoms with Gasteiger partial charge in [-0.1, -0.05) is 24.3 Å². The lowest BCUT2D eigenvalue weighted by atomic mass is 10.0. The second kappa shape index (κ2) is 10.7. The molecular formula is C22H28ClN5O4. The number of carbonyl (C=O) groups excluding carboxylic acids is 2. The zero-order valence-electron chi connectivity index (χ0n) is 18.1. The van der Waals surface area contributed by atoms with E-state index in [0.717, 1.165) is 25.2 Å². The molecule has 1 saturated heterocycles. The lowest BCUT2D eigenvalue weighted by molar-refractivity contribution is -0.136. The molecule has 0 bridgehead atoms. The molecular weight excluding hydrogens is 434 g/mol. The Bertz CT molecular complexity index is 981. The summed E-state index contributed by atoms with van der Waals surface area (Å²) in [5.74, 6) is -0.650. The van der Waals surface area contributed by atoms with Crippen LogP contribution in [0.5, 0.6) is 6.01 Å². The van der Waals surface area contributed by atoms with Crippen LogP contribution in [0.3, 0.4) is 0 Å². The van der Waals surface area contributed by atoms with Gasteiger partial charge in [-0.3, -0.25) is 19.4 Å². The summed E-state index contributed by atoms with van der Waals surface area (Å²) < 4.78 is 10.5. The number of rotatable bonds is 8. The number of nitrogen functional groups attached to an aromatic ring is 1. The molecule has 0 radical (unpaired) electrons. The molecule has 4 rings (SSSR count). The molecule has 0 unspecified atom stereocenters. The quantitative estimate of drug-likeness (QED) is 0.467. The van der Waals surface area contributed by atoms with E-state index in [1.165, 1.54) is 23.3 Å². The van der Waals surface area contributed by atoms with Crippen LogP contribution in [0.25, 0.3) is 0 Å². The minimum Gasteiger partial charge on any atom is -0.461 e. The first-order valence-corrected chi connectivity index (χ1v) is 10.5. The van der Waals surface area contributed by atoms with Crippen molar-refractivity contribution in [3.8, 4) is 6.01 Å². The van der Waals surface area contributed by atoms with Crippen LogP contribution in [0.4, 0.5) is 11.6 Å². The summed E-state index contributed by atoms with van der Waals surface area (Å²) >= 11 is 0. The summed E-state index contributed by atoms with van der Waals surface area (Å²) in [5, 5.41) is 0. The molecule has 0 saturated carbocycles. The van der Waals surface area contributed by atoms with Crippen LogP contribution in [0, 0.1) is 0 Å². The number of hydrogen-bond acceptors (Lipinski definition) is 8. The minimum absolute atomic E-state index is 0. The number of amides is 1. The van der Waals surface area contributed by atoms with Crippen molar-refractivity contribution >= 4 is 35.7 Å². The maximum Gasteiger partial charge on any atom is 0.320 e. The van der Waals surface area contributed by atoms with Crippen molar-refractivity contribution in [2.75, 3.05) is 44.0 Å². The molecule has 172 valence electrons. The monoisotopic (exact) mass is 461 g/mol. The molecule has 9 nitrogen and oxygen atoms in total. The van der Waals surface area contributed by atoms with E-state index in [-0.39, 0.29) is 43.8 Å². The highest BCUT2D eigenvalue weighted by Crippen LogP contribution is 2.31. The summed E-state index contributed by atoms with van der Waals surface area (Å²) in [5.41, 5.74) is 8.63. The van der Waals surface area contributed by atoms with Crippen molar-refractivity contribution in [2.45, 2.75) is 32.4 Å². The number of hydrogen-bond donors (Lipinski definition) is 1. The summed E-state index contributed by atoms with van der Waals surface area (Å²) in [6.45, 7) is 3.94. The molecule has 1 aromatic carbocycles. The van der Waals surface area contributed by atoms with Gasteiger partial charge in [0.25, 0.3) is 5.91 Å². The van der Waals surface area contributed by atoms with Crippen molar-refractivity contribution in [1.82, 2.24) is 14.9 Å². The Hall–Kier alpha value is -2.75. The Balaban J connectivity index is 0.00000289. The van der Waals surface area contributed by atoms with Gasteiger partial charge in [0.1, 0.15) is 18.2 Å². The number of nitrogens with two attached hydrogens (primary N) is 1. The van der Waals surface area contributed by atoms with E-state index in [1.54, 1.807) is 7.11 Å². The fraction of sp³-hybridized carbons (Fsp3) is 0.455. The van der Waals surface area contributed by atoms with Crippen molar-refractivity contribution in [2.24, 2.45) is 0 Å². The summed E-state index contributed by atoms with van der Waals surface area (Å²) in [6.07, 6.45) is 2.36. The van der Waals surface area contributed by atoms with E-state index in [1.807, 2.05) is 12.1 Å². The minimum atomic E-state index is -0.599. The van der Waals surface area contributed by atoms with Crippen LogP contribution in [-0.4, -0.2) is 60.0 Å². The average molecular weight is 462 g/mol. The highest BCUT2D eigenvalue weighted by atomic mass is 35.5. The van der Waals surface area contributed by atoms with Crippen molar-refractivity contribution < 1.29 is 19.1 Å². The summed E-state index contributed by atoms with van der Waals surface area (Å²) in [7, 11) is 1.56. The molecule has 3 heterocycles. The second-order valence-corrected chi connectivity index (χ2v) is 7.83. The van der Waals surface area contributed by atoms with Gasteiger partial charge >= 0.3 is 6.01 Å². The standard InChI is InChI=1S/C22H27N5O4.ClH/c1-30-9-10-31-22-24-19(23)17-12-18(28)21(29)27(20(17)25-22)14-16-6-4-5-15(11-16)13-26-7-2-3-8-26;/h4-6,11H,2-3,7-10,12-14H2,1H3,(H2,23,24,25);1H. The number of nitrogens with zero attached hydrogens (tertiary/aromatic N) is 4. The highest BCUT2D eigenvalue weighted by Gasteiger charge is 2.35. The van der Waals surface area contributed by atoms with E-state index in [0.29, 0.717) is 18.0 Å². The van der Waals surface area contributed by atoms with Crippen LogP contribution in [0.2, 0.25) is 0 Å². The molecule has 0 atom stereocenters. The maximum atomic E-state index is 12.7. The number of anilines is 2. The molecule has 1 fully saturated rings. The second-order valence-electron chi connectivity index (χ2n) is 7.83. The molecule has 2 N–H and O–H groups in total. The molecule has 0 aliphatic carbocycles. The maximum absolute atomic E-state index is 12.7. The Morgan fingerprint density at radius 1 is 1.06 bits per heavy atom. The number of ketones is 1. The first-order chi connectivity index (χ1) is 15.0. The average Bonchev–Trinajstić information content (AvgIpc) is 3.26. The first kappa shape index (κ1) is 23.9. The Labute approximate surface area is 193 Å². The van der Waals surface area contributed by atoms with Gasteiger partial charge in [-0.15, -0.1) is 12.4 Å². The summed E-state index contributed by atoms with van der Waals surface area (Å²) in [4.78, 5) is 37.4. The topological polar surface area (TPSA) is 111 Å². The first-order valence-electron chi connectivity index (χ1n) is 10.5. The van der Waals surface area contributed by atoms with E-state index < -0.39 is 11.7 Å². The largest absolute Gasteiger partial charge is 0.461 e. The van der Waals surface area contributed by atoms with E-state index in [4.69, 9.17) is 15.2 Å². The number of aromatic nitrogens is 2. The van der Waals surface area contributed by atoms with Gasteiger partial charge in [0.2, 0.25) is 5.78 Å². The molecule has 1 aromatic heterocycles. The van der Waals surface area contributed by atoms with Gasteiger partial charge in [-0.2, -0.15) is 9.97 Å². The SMILES string of the molecule is COCCOc1nc(N)c2c(n1)N(Cc1cccc(CN3CCCC3)c1)C(=O)C(=O)C2.Cl. The summed E-state index contributed by atoms with van der Waals surface area (Å²) in [6, 6.07) is 8.14. The zero-order chi connectivity index (χ0) is 21.8. The predicted molar refractivity (Wildman–Crippen MR) is 122 cm³/mol. The molecule has 2 aliphatic rings. The van der Waals surface area contributed by atoms with E-state index >= 15 is 0 Å². The third-order valence-corrected chi connectivity index (χ3v) is 5.53. The predicted octanol–water partition coefficient (Wildman–Crippen LogP) is 1.76. The third kappa shape index (κ3) is 5.35. The normalized spacial score (nSPS) is 16.1. The number of benzene rings is 1. The Morgan fingerprint density at radius 2 is 1.78 bits per heavy atom. The lowest BCUT2D eigenvalue weighted by Gasteiger charge is -2.28. The van der Waals surface area contributed by atoms with Crippen LogP contribution < -0.4 is 15.4 Å². The van der Waals surface area contributed by atoms with Gasteiger partial charge in [0.15, 0.2) is 0 Å². The van der Waals surface area contributed by atoms with Crippen molar-refractivity contribution in [3.05, 3.63) is 41.0 Å². The van der Waals surface area contributed by atoms with Gasteiger partial charge in [-0.25, -0.2) is 0 Å². The molecule has 10 heteroatoms. The molecule has 32 heavy (non-hydrogen) atoms. The highest BCUT2D eigenvalue weighted by molar-refractivity contribution is 6.43. The number of carbonyl (C=O) groups is 2. The van der Waals surface area contributed by atoms with Crippen molar-refractivity contribution in [1.29, 1.82) is 0 Å². The van der Waals surface area contributed by atoms with Crippen LogP contribution in [0.15, 0.2) is 24.3 Å².